The average molecular weight is 1640 g/mol. The van der Waals surface area contributed by atoms with Crippen molar-refractivity contribution in [2.75, 3.05) is 25.2 Å². The van der Waals surface area contributed by atoms with E-state index in [4.69, 9.17) is 4.74 Å². The molecule has 16 nitrogen and oxygen atoms in total. The van der Waals surface area contributed by atoms with Crippen LogP contribution in [0.25, 0.3) is 0 Å². The lowest BCUT2D eigenvalue weighted by Gasteiger charge is -2.51. The molecule has 606 valence electrons. The molecule has 1 saturated heterocycles. The summed E-state index contributed by atoms with van der Waals surface area (Å²) in [5.74, 6) is -132. The number of alkyl halides is 42. The summed E-state index contributed by atoms with van der Waals surface area (Å²) in [5.41, 5.74) is -10.0. The van der Waals surface area contributed by atoms with E-state index in [0.717, 1.165) is 0 Å². The first-order valence-corrected chi connectivity index (χ1v) is 26.2. The Morgan fingerprint density at radius 1 is 0.448 bits per heavy atom. The maximum absolute atomic E-state index is 16.3. The van der Waals surface area contributed by atoms with Gasteiger partial charge in [0.25, 0.3) is 5.91 Å². The van der Waals surface area contributed by atoms with Gasteiger partial charge in [-0.3, -0.25) is 14.5 Å². The van der Waals surface area contributed by atoms with Crippen LogP contribution < -0.4 is 10.2 Å². The molecule has 2 heterocycles. The molecule has 3 rings (SSSR count). The van der Waals surface area contributed by atoms with E-state index in [1.165, 1.54) is 6.92 Å². The van der Waals surface area contributed by atoms with Gasteiger partial charge in [0.2, 0.25) is 0 Å². The Labute approximate surface area is 548 Å². The number of amides is 2. The second-order valence-corrected chi connectivity index (χ2v) is 21.1. The van der Waals surface area contributed by atoms with Crippen molar-refractivity contribution in [2.45, 2.75) is 189 Å². The van der Waals surface area contributed by atoms with Gasteiger partial charge in [0.05, 0.1) is 12.3 Å². The van der Waals surface area contributed by atoms with Crippen LogP contribution in [0.1, 0.15) is 38.2 Å². The van der Waals surface area contributed by atoms with Crippen molar-refractivity contribution in [1.29, 1.82) is 0 Å². The number of fused-ring (bicyclic) bond motifs is 1. The highest BCUT2D eigenvalue weighted by Gasteiger charge is 2.84. The number of hydrogen-bond donors (Lipinski definition) is 1. The lowest BCUT2D eigenvalue weighted by molar-refractivity contribution is -0.358. The summed E-state index contributed by atoms with van der Waals surface area (Å²) < 4.78 is 632. The number of hydrogen-bond acceptors (Lipinski definition) is 14. The molecule has 2 unspecified atom stereocenters. The third-order valence-electron chi connectivity index (χ3n) is 14.2. The molecule has 1 aromatic rings. The molecule has 0 aliphatic carbocycles. The van der Waals surface area contributed by atoms with Crippen molar-refractivity contribution in [1.82, 2.24) is 5.32 Å². The normalized spacial score (nSPS) is 21.8. The highest BCUT2D eigenvalue weighted by molar-refractivity contribution is 6.02. The van der Waals surface area contributed by atoms with Crippen molar-refractivity contribution in [3.05, 3.63) is 29.8 Å². The molecule has 105 heavy (non-hydrogen) atoms. The fraction of sp³-hybridized carbons (Fsp3) is 0.723. The van der Waals surface area contributed by atoms with E-state index in [0.29, 0.717) is 0 Å². The van der Waals surface area contributed by atoms with Crippen molar-refractivity contribution in [2.24, 2.45) is 0 Å². The van der Waals surface area contributed by atoms with Gasteiger partial charge in [-0.15, -0.1) is 0 Å². The smallest absolute Gasteiger partial charge is 0.460 e. The summed E-state index contributed by atoms with van der Waals surface area (Å²) in [6.07, 6.45) is -81.9. The van der Waals surface area contributed by atoms with E-state index in [1.54, 1.807) is 0 Å². The monoisotopic (exact) mass is 1640 g/mol. The standard InChI is InChI=1S/C47H30F42N2O14/c1-3-4-7-10-100-22(92)14(90-23(93)30(48,49)36(60,61)42(72,73)74)11-29(99-2)13-8-5-6-9-15(13)91(24(94)31(50,51)37(62,63)43(75,76)77)21(29)20-19(105-28(98)35(58,59)41(70,71)47(87,88)89)18(104-27(97)34(56,57)40(68,69)46(84,85)86)17(103-26(96)33(54,55)39(66,67)45(81,82)83)16(102-20)12-101-25(95)32(52,53)38(64,65)44(78,79)80/h5-6,8-9,14,16-21H,3-4,7,10-12H2,1-2H3,(H,90,93)/t14-,16+,17+,18-,19-,20+,21?,29?/m0/s1. The van der Waals surface area contributed by atoms with Crippen LogP contribution in [0.2, 0.25) is 0 Å². The van der Waals surface area contributed by atoms with E-state index < -0.39 is 253 Å². The molecule has 8 atom stereocenters. The summed E-state index contributed by atoms with van der Waals surface area (Å²) >= 11 is 0. The number of ether oxygens (including phenoxy) is 7. The first-order valence-electron chi connectivity index (χ1n) is 26.2. The van der Waals surface area contributed by atoms with Crippen molar-refractivity contribution in [3.63, 3.8) is 0 Å². The number of methoxy groups -OCH3 is 1. The van der Waals surface area contributed by atoms with Crippen LogP contribution in [0.5, 0.6) is 0 Å². The molecule has 2 amide bonds. The quantitative estimate of drug-likeness (QED) is 0.0377. The lowest BCUT2D eigenvalue weighted by Crippen LogP contribution is -2.73. The Balaban J connectivity index is 3.11. The zero-order chi connectivity index (χ0) is 83.0. The highest BCUT2D eigenvalue weighted by Crippen LogP contribution is 2.59. The number of esters is 5. The van der Waals surface area contributed by atoms with Crippen molar-refractivity contribution < 1.29 is 251 Å². The Hall–Kier alpha value is -7.51. The predicted molar refractivity (Wildman–Crippen MR) is 238 cm³/mol. The minimum absolute atomic E-state index is 0.00711. The lowest BCUT2D eigenvalue weighted by atomic mass is 9.77. The van der Waals surface area contributed by atoms with Gasteiger partial charge in [0, 0.05) is 19.1 Å². The zero-order valence-electron chi connectivity index (χ0n) is 49.1. The largest absolute Gasteiger partial charge is 0.464 e. The molecule has 58 heteroatoms. The van der Waals surface area contributed by atoms with Gasteiger partial charge in [0.15, 0.2) is 18.3 Å². The number of halogens is 42. The number of nitrogens with one attached hydrogen (secondary N) is 1. The molecule has 2 aliphatic rings. The van der Waals surface area contributed by atoms with E-state index in [1.807, 2.05) is 0 Å². The minimum Gasteiger partial charge on any atom is -0.464 e. The number of carbonyl (C=O) groups excluding carboxylic acids is 7. The summed E-state index contributed by atoms with van der Waals surface area (Å²) in [4.78, 5) is 91.2. The number of rotatable bonds is 27. The van der Waals surface area contributed by atoms with Crippen LogP contribution >= 0.6 is 0 Å². The molecule has 1 fully saturated rings. The maximum Gasteiger partial charge on any atom is 0.460 e. The van der Waals surface area contributed by atoms with Gasteiger partial charge in [-0.25, -0.2) is 24.0 Å². The Bertz CT molecular complexity index is 3360. The fourth-order valence-electron chi connectivity index (χ4n) is 8.71. The zero-order valence-corrected chi connectivity index (χ0v) is 49.1. The first-order chi connectivity index (χ1) is 46.3. The number of para-hydroxylation sites is 1. The van der Waals surface area contributed by atoms with Crippen LogP contribution in [-0.4, -0.2) is 213 Å². The topological polar surface area (TPSA) is 199 Å². The van der Waals surface area contributed by atoms with Crippen LogP contribution in [0, 0.1) is 0 Å². The van der Waals surface area contributed by atoms with E-state index in [2.05, 4.69) is 28.4 Å². The number of benzene rings is 1. The second-order valence-electron chi connectivity index (χ2n) is 21.1. The molecular formula is C47H30F42N2O14. The molecule has 0 bridgehead atoms. The summed E-state index contributed by atoms with van der Waals surface area (Å²) in [6, 6.07) is -10.6. The predicted octanol–water partition coefficient (Wildman–Crippen LogP) is 12.9. The third-order valence-corrected chi connectivity index (χ3v) is 14.2. The summed E-state index contributed by atoms with van der Waals surface area (Å²) in [6.45, 7) is -4.37. The van der Waals surface area contributed by atoms with Crippen LogP contribution in [0.15, 0.2) is 24.3 Å². The van der Waals surface area contributed by atoms with Gasteiger partial charge >= 0.3 is 144 Å². The minimum atomic E-state index is -8.53. The molecule has 1 N–H and O–H groups in total. The van der Waals surface area contributed by atoms with Gasteiger partial charge < -0.3 is 38.5 Å². The molecular weight excluding hydrogens is 1610 g/mol. The van der Waals surface area contributed by atoms with Gasteiger partial charge in [-0.05, 0) is 12.5 Å². The second kappa shape index (κ2) is 28.6. The van der Waals surface area contributed by atoms with Crippen molar-refractivity contribution >= 4 is 47.3 Å². The Morgan fingerprint density at radius 2 is 0.790 bits per heavy atom. The first kappa shape index (κ1) is 91.7. The Morgan fingerprint density at radius 3 is 1.16 bits per heavy atom. The highest BCUT2D eigenvalue weighted by atomic mass is 19.5. The molecule has 0 aromatic heterocycles. The maximum atomic E-state index is 16.3. The molecule has 1 aromatic carbocycles. The summed E-state index contributed by atoms with van der Waals surface area (Å²) in [5, 5.41) is 0.136. The SMILES string of the molecule is CCCCCOC(=O)[C@H](CC1(OC)c2ccccc2N(C(=O)C(F)(F)C(F)(F)C(F)(F)F)C1[C@@H]1O[C@H](COC(=O)C(F)(F)C(F)(F)C(F)(F)F)[C@@H](OC(=O)C(F)(F)C(F)(F)C(F)(F)F)[C@H](OC(=O)C(F)(F)C(F)(F)C(F)(F)F)[C@@H]1OC(=O)C(F)(F)C(F)(F)C(F)(F)F)NC(=O)C(F)(F)C(F)(F)C(F)(F)F. The molecule has 2 aliphatic heterocycles. The average Bonchev–Trinajstić information content (AvgIpc) is 1.58. The number of unbranched alkanes of at least 4 members (excludes halogenated alkanes) is 2. The van der Waals surface area contributed by atoms with Crippen molar-refractivity contribution in [3.8, 4) is 0 Å². The summed E-state index contributed by atoms with van der Waals surface area (Å²) in [7, 11) is -0.576. The van der Waals surface area contributed by atoms with E-state index in [9.17, 15) is 165 Å². The molecule has 0 spiro atoms. The van der Waals surface area contributed by atoms with Crippen LogP contribution in [0.4, 0.5) is 190 Å². The number of nitrogens with zero attached hydrogens (tertiary/aromatic N) is 1. The van der Waals surface area contributed by atoms with Gasteiger partial charge in [-0.1, -0.05) is 38.0 Å². The Kier molecular flexibility index (Phi) is 24.9. The molecule has 0 radical (unpaired) electrons. The van der Waals surface area contributed by atoms with Crippen LogP contribution in [-0.2, 0) is 72.3 Å². The fourth-order valence-corrected chi connectivity index (χ4v) is 8.71. The number of anilines is 1. The van der Waals surface area contributed by atoms with E-state index >= 15 is 52.7 Å². The third kappa shape index (κ3) is 15.7. The number of carbonyl (C=O) groups is 7. The van der Waals surface area contributed by atoms with E-state index in [-0.39, 0.29) is 36.4 Å². The van der Waals surface area contributed by atoms with Crippen LogP contribution in [0.3, 0.4) is 0 Å². The molecule has 0 saturated carbocycles. The van der Waals surface area contributed by atoms with Gasteiger partial charge in [0.1, 0.15) is 36.5 Å². The van der Waals surface area contributed by atoms with Gasteiger partial charge in [-0.2, -0.15) is 184 Å².